The van der Waals surface area contributed by atoms with Crippen molar-refractivity contribution in [3.63, 3.8) is 0 Å². The molecule has 0 spiro atoms. The van der Waals surface area contributed by atoms with Crippen LogP contribution in [0.1, 0.15) is 28.5 Å². The smallest absolute Gasteiger partial charge is 0.263 e. The summed E-state index contributed by atoms with van der Waals surface area (Å²) in [5.41, 5.74) is 5.64. The zero-order valence-electron chi connectivity index (χ0n) is 18.1. The third kappa shape index (κ3) is 4.02. The second-order valence-electron chi connectivity index (χ2n) is 7.65. The van der Waals surface area contributed by atoms with Gasteiger partial charge in [0, 0.05) is 18.0 Å². The molecule has 3 N–H and O–H groups in total. The molecule has 0 aliphatic rings. The Bertz CT molecular complexity index is 1410. The van der Waals surface area contributed by atoms with Crippen molar-refractivity contribution in [3.8, 4) is 23.5 Å². The number of carbonyl (C=O) groups is 1. The lowest BCUT2D eigenvalue weighted by atomic mass is 9.81. The van der Waals surface area contributed by atoms with Crippen molar-refractivity contribution in [2.45, 2.75) is 12.3 Å². The standard InChI is InChI=1S/C24H18F3N5OS/c1-4-24(2,14-5-7-15(25)8-6-14)19-12-34-23(30-19)31-22(33)20-17(26)9-13(10-18(20)27)16-11-29-32(3)21(16)28/h1,5-12H,28H2,2-3H3,(H,30,31,33). The van der Waals surface area contributed by atoms with E-state index in [4.69, 9.17) is 12.2 Å². The quantitative estimate of drug-likeness (QED) is 0.404. The maximum Gasteiger partial charge on any atom is 0.263 e. The van der Waals surface area contributed by atoms with E-state index in [1.807, 2.05) is 0 Å². The van der Waals surface area contributed by atoms with Crippen LogP contribution in [0.4, 0.5) is 24.1 Å². The van der Waals surface area contributed by atoms with Crippen LogP contribution >= 0.6 is 11.3 Å². The van der Waals surface area contributed by atoms with Gasteiger partial charge in [0.2, 0.25) is 0 Å². The van der Waals surface area contributed by atoms with Crippen molar-refractivity contribution in [1.29, 1.82) is 0 Å². The van der Waals surface area contributed by atoms with E-state index in [0.717, 1.165) is 23.5 Å². The topological polar surface area (TPSA) is 85.8 Å². The highest BCUT2D eigenvalue weighted by molar-refractivity contribution is 7.14. The van der Waals surface area contributed by atoms with Crippen LogP contribution in [0.5, 0.6) is 0 Å². The highest BCUT2D eigenvalue weighted by Gasteiger charge is 2.30. The van der Waals surface area contributed by atoms with E-state index in [2.05, 4.69) is 21.3 Å². The number of terminal acetylenes is 1. The first kappa shape index (κ1) is 23.1. The summed E-state index contributed by atoms with van der Waals surface area (Å²) in [5.74, 6) is -0.668. The number of halogens is 3. The van der Waals surface area contributed by atoms with Crippen LogP contribution in [0.3, 0.4) is 0 Å². The van der Waals surface area contributed by atoms with Crippen molar-refractivity contribution in [2.75, 3.05) is 11.1 Å². The molecule has 2 aromatic heterocycles. The molecule has 0 aliphatic heterocycles. The Morgan fingerprint density at radius 2 is 1.85 bits per heavy atom. The molecule has 0 saturated heterocycles. The number of carbonyl (C=O) groups excluding carboxylic acids is 1. The predicted molar refractivity (Wildman–Crippen MR) is 125 cm³/mol. The maximum absolute atomic E-state index is 14.7. The number of aromatic nitrogens is 3. The van der Waals surface area contributed by atoms with Crippen LogP contribution in [-0.4, -0.2) is 20.7 Å². The van der Waals surface area contributed by atoms with Gasteiger partial charge in [-0.1, -0.05) is 18.1 Å². The number of nitrogens with two attached hydrogens (primary N) is 1. The van der Waals surface area contributed by atoms with Crippen LogP contribution < -0.4 is 11.1 Å². The third-order valence-electron chi connectivity index (χ3n) is 5.51. The molecular formula is C24H18F3N5OS. The number of amides is 1. The van der Waals surface area contributed by atoms with Crippen molar-refractivity contribution in [2.24, 2.45) is 7.05 Å². The second-order valence-corrected chi connectivity index (χ2v) is 8.51. The Hall–Kier alpha value is -4.10. The van der Waals surface area contributed by atoms with Gasteiger partial charge < -0.3 is 5.73 Å². The number of anilines is 2. The van der Waals surface area contributed by atoms with E-state index in [0.29, 0.717) is 16.8 Å². The highest BCUT2D eigenvalue weighted by Crippen LogP contribution is 2.34. The van der Waals surface area contributed by atoms with E-state index < -0.39 is 34.3 Å². The molecule has 2 aromatic carbocycles. The van der Waals surface area contributed by atoms with Crippen molar-refractivity contribution < 1.29 is 18.0 Å². The summed E-state index contributed by atoms with van der Waals surface area (Å²) in [6.07, 6.45) is 7.12. The summed E-state index contributed by atoms with van der Waals surface area (Å²) in [5, 5.41) is 8.08. The Morgan fingerprint density at radius 3 is 2.41 bits per heavy atom. The summed E-state index contributed by atoms with van der Waals surface area (Å²) in [6, 6.07) is 7.70. The van der Waals surface area contributed by atoms with Crippen LogP contribution in [-0.2, 0) is 12.5 Å². The van der Waals surface area contributed by atoms with Crippen LogP contribution in [0.25, 0.3) is 11.1 Å². The molecular weight excluding hydrogens is 463 g/mol. The lowest BCUT2D eigenvalue weighted by Gasteiger charge is -2.22. The number of benzene rings is 2. The van der Waals surface area contributed by atoms with E-state index in [1.165, 1.54) is 23.0 Å². The fraction of sp³-hybridized carbons (Fsp3) is 0.125. The average molecular weight is 482 g/mol. The molecule has 1 atom stereocenters. The monoisotopic (exact) mass is 481 g/mol. The first-order chi connectivity index (χ1) is 16.1. The number of nitrogen functional groups attached to an aromatic ring is 1. The number of nitrogens with zero attached hydrogens (tertiary/aromatic N) is 3. The minimum absolute atomic E-state index is 0.1000. The molecule has 1 amide bonds. The molecule has 0 fully saturated rings. The molecule has 6 nitrogen and oxygen atoms in total. The van der Waals surface area contributed by atoms with Crippen molar-refractivity contribution >= 4 is 28.2 Å². The summed E-state index contributed by atoms with van der Waals surface area (Å²) >= 11 is 1.04. The fourth-order valence-electron chi connectivity index (χ4n) is 3.42. The van der Waals surface area contributed by atoms with Gasteiger partial charge in [-0.3, -0.25) is 14.8 Å². The highest BCUT2D eigenvalue weighted by atomic mass is 32.1. The van der Waals surface area contributed by atoms with Gasteiger partial charge in [-0.2, -0.15) is 5.10 Å². The van der Waals surface area contributed by atoms with Crippen LogP contribution in [0.15, 0.2) is 48.0 Å². The zero-order valence-corrected chi connectivity index (χ0v) is 18.9. The summed E-state index contributed by atoms with van der Waals surface area (Å²) in [7, 11) is 1.59. The minimum atomic E-state index is -1.06. The summed E-state index contributed by atoms with van der Waals surface area (Å²) in [4.78, 5) is 17.0. The molecule has 4 rings (SSSR count). The van der Waals surface area contributed by atoms with E-state index in [-0.39, 0.29) is 16.5 Å². The number of aryl methyl sites for hydroxylation is 1. The first-order valence-corrected chi connectivity index (χ1v) is 10.8. The summed E-state index contributed by atoms with van der Waals surface area (Å²) < 4.78 is 44.2. The number of rotatable bonds is 5. The van der Waals surface area contributed by atoms with Gasteiger partial charge in [0.1, 0.15) is 28.8 Å². The molecule has 2 heterocycles. The SMILES string of the molecule is C#CC(C)(c1ccc(F)cc1)c1csc(NC(=O)c2c(F)cc(-c3cnn(C)c3N)cc2F)n1. The van der Waals surface area contributed by atoms with Crippen molar-refractivity contribution in [1.82, 2.24) is 14.8 Å². The normalized spacial score (nSPS) is 12.7. The van der Waals surface area contributed by atoms with Gasteiger partial charge in [0.25, 0.3) is 5.91 Å². The largest absolute Gasteiger partial charge is 0.383 e. The maximum atomic E-state index is 14.7. The fourth-order valence-corrected chi connectivity index (χ4v) is 4.24. The molecule has 0 radical (unpaired) electrons. The molecule has 0 saturated carbocycles. The van der Waals surface area contributed by atoms with Crippen LogP contribution in [0, 0.1) is 29.8 Å². The molecule has 0 bridgehead atoms. The first-order valence-electron chi connectivity index (χ1n) is 9.92. The average Bonchev–Trinajstić information content (AvgIpc) is 3.40. The number of thiazole rings is 1. The number of hydrogen-bond acceptors (Lipinski definition) is 5. The lowest BCUT2D eigenvalue weighted by Crippen LogP contribution is -2.22. The van der Waals surface area contributed by atoms with Gasteiger partial charge in [0.05, 0.1) is 17.3 Å². The Labute approximate surface area is 197 Å². The lowest BCUT2D eigenvalue weighted by molar-refractivity contribution is 0.101. The van der Waals surface area contributed by atoms with Gasteiger partial charge in [-0.05, 0) is 42.3 Å². The summed E-state index contributed by atoms with van der Waals surface area (Å²) in [6.45, 7) is 1.73. The Morgan fingerprint density at radius 1 is 1.21 bits per heavy atom. The Kier molecular flexibility index (Phi) is 5.89. The van der Waals surface area contributed by atoms with Gasteiger partial charge >= 0.3 is 0 Å². The van der Waals surface area contributed by atoms with Gasteiger partial charge in [-0.15, -0.1) is 17.8 Å². The molecule has 0 aliphatic carbocycles. The molecule has 172 valence electrons. The van der Waals surface area contributed by atoms with Gasteiger partial charge in [0.15, 0.2) is 5.13 Å². The van der Waals surface area contributed by atoms with Crippen molar-refractivity contribution in [3.05, 3.63) is 82.2 Å². The number of nitrogens with one attached hydrogen (secondary N) is 1. The predicted octanol–water partition coefficient (Wildman–Crippen LogP) is 4.73. The minimum Gasteiger partial charge on any atom is -0.383 e. The number of hydrogen-bond donors (Lipinski definition) is 2. The zero-order chi connectivity index (χ0) is 24.6. The van der Waals surface area contributed by atoms with Crippen LogP contribution in [0.2, 0.25) is 0 Å². The second kappa shape index (κ2) is 8.68. The van der Waals surface area contributed by atoms with Gasteiger partial charge in [-0.25, -0.2) is 18.2 Å². The molecule has 34 heavy (non-hydrogen) atoms. The van der Waals surface area contributed by atoms with E-state index in [9.17, 15) is 18.0 Å². The molecule has 10 heteroatoms. The van der Waals surface area contributed by atoms with E-state index >= 15 is 0 Å². The van der Waals surface area contributed by atoms with E-state index in [1.54, 1.807) is 31.5 Å². The Balaban J connectivity index is 1.60. The molecule has 1 unspecified atom stereocenters. The third-order valence-corrected chi connectivity index (χ3v) is 6.27. The molecule has 4 aromatic rings.